The van der Waals surface area contributed by atoms with Crippen LogP contribution in [0.4, 0.5) is 0 Å². The molecule has 0 unspecified atom stereocenters. The molecule has 0 spiro atoms. The maximum atomic E-state index is 5.32. The molecule has 17 heavy (non-hydrogen) atoms. The number of halogens is 1. The molecule has 0 saturated carbocycles. The van der Waals surface area contributed by atoms with Gasteiger partial charge in [0.05, 0.1) is 13.2 Å². The van der Waals surface area contributed by atoms with Gasteiger partial charge in [-0.2, -0.15) is 0 Å². The maximum Gasteiger partial charge on any atom is 0.0594 e. The molecule has 5 heteroatoms. The average molecular weight is 302 g/mol. The number of nitrogens with zero attached hydrogens (tertiary/aromatic N) is 1. The highest BCUT2D eigenvalue weighted by molar-refractivity contribution is 9.10. The summed E-state index contributed by atoms with van der Waals surface area (Å²) in [6, 6.07) is 2.11. The molecule has 4 nitrogen and oxygen atoms in total. The predicted molar refractivity (Wildman–Crippen MR) is 72.1 cm³/mol. The first-order valence-electron chi connectivity index (χ1n) is 6.18. The SMILES string of the molecule is Brc1c[nH]c(CNCCCN2CCOCC2)c1. The number of rotatable bonds is 6. The van der Waals surface area contributed by atoms with Crippen LogP contribution < -0.4 is 5.32 Å². The number of H-pyrrole nitrogens is 1. The lowest BCUT2D eigenvalue weighted by molar-refractivity contribution is 0.0374. The molecule has 0 bridgehead atoms. The van der Waals surface area contributed by atoms with Crippen LogP contribution in [0.15, 0.2) is 16.7 Å². The normalized spacial score (nSPS) is 17.5. The van der Waals surface area contributed by atoms with Gasteiger partial charge in [-0.05, 0) is 41.5 Å². The van der Waals surface area contributed by atoms with Crippen LogP contribution in [0.1, 0.15) is 12.1 Å². The van der Waals surface area contributed by atoms with Gasteiger partial charge in [-0.1, -0.05) is 0 Å². The minimum atomic E-state index is 0.893. The van der Waals surface area contributed by atoms with Crippen LogP contribution in [0.3, 0.4) is 0 Å². The van der Waals surface area contributed by atoms with Crippen molar-refractivity contribution >= 4 is 15.9 Å². The number of hydrogen-bond acceptors (Lipinski definition) is 3. The molecule has 96 valence electrons. The molecule has 2 heterocycles. The fraction of sp³-hybridized carbons (Fsp3) is 0.667. The van der Waals surface area contributed by atoms with E-state index in [9.17, 15) is 0 Å². The molecule has 0 aromatic carbocycles. The minimum absolute atomic E-state index is 0.893. The lowest BCUT2D eigenvalue weighted by atomic mass is 10.3. The smallest absolute Gasteiger partial charge is 0.0594 e. The molecule has 1 aromatic heterocycles. The largest absolute Gasteiger partial charge is 0.379 e. The summed E-state index contributed by atoms with van der Waals surface area (Å²) in [4.78, 5) is 5.68. The van der Waals surface area contributed by atoms with Crippen molar-refractivity contribution in [1.29, 1.82) is 0 Å². The van der Waals surface area contributed by atoms with E-state index in [4.69, 9.17) is 4.74 Å². The Kier molecular flexibility index (Phi) is 5.51. The van der Waals surface area contributed by atoms with E-state index in [-0.39, 0.29) is 0 Å². The molecule has 1 aliphatic heterocycles. The molecular formula is C12H20BrN3O. The summed E-state index contributed by atoms with van der Waals surface area (Å²) in [5.74, 6) is 0. The van der Waals surface area contributed by atoms with Gasteiger partial charge in [0.2, 0.25) is 0 Å². The van der Waals surface area contributed by atoms with Crippen LogP contribution in [-0.4, -0.2) is 49.3 Å². The molecule has 1 aliphatic rings. The highest BCUT2D eigenvalue weighted by atomic mass is 79.9. The Hall–Kier alpha value is -0.360. The topological polar surface area (TPSA) is 40.3 Å². The van der Waals surface area contributed by atoms with Gasteiger partial charge in [0.1, 0.15) is 0 Å². The van der Waals surface area contributed by atoms with Gasteiger partial charge >= 0.3 is 0 Å². The zero-order valence-electron chi connectivity index (χ0n) is 10.0. The molecule has 0 atom stereocenters. The van der Waals surface area contributed by atoms with Crippen molar-refractivity contribution in [1.82, 2.24) is 15.2 Å². The first-order valence-corrected chi connectivity index (χ1v) is 6.97. The van der Waals surface area contributed by atoms with Crippen molar-refractivity contribution in [3.05, 3.63) is 22.4 Å². The van der Waals surface area contributed by atoms with Crippen molar-refractivity contribution < 1.29 is 4.74 Å². The Morgan fingerprint density at radius 1 is 1.41 bits per heavy atom. The first-order chi connectivity index (χ1) is 8.34. The van der Waals surface area contributed by atoms with Crippen molar-refractivity contribution in [3.8, 4) is 0 Å². The lowest BCUT2D eigenvalue weighted by Crippen LogP contribution is -2.37. The van der Waals surface area contributed by atoms with Crippen LogP contribution in [0.2, 0.25) is 0 Å². The molecular weight excluding hydrogens is 282 g/mol. The number of aromatic nitrogens is 1. The molecule has 1 saturated heterocycles. The van der Waals surface area contributed by atoms with Gasteiger partial charge < -0.3 is 15.0 Å². The van der Waals surface area contributed by atoms with Gasteiger partial charge in [0, 0.05) is 36.0 Å². The second-order valence-corrected chi connectivity index (χ2v) is 5.24. The van der Waals surface area contributed by atoms with E-state index in [2.05, 4.69) is 37.2 Å². The number of morpholine rings is 1. The zero-order chi connectivity index (χ0) is 11.9. The summed E-state index contributed by atoms with van der Waals surface area (Å²) >= 11 is 3.43. The second-order valence-electron chi connectivity index (χ2n) is 4.33. The van der Waals surface area contributed by atoms with Crippen molar-refractivity contribution in [2.45, 2.75) is 13.0 Å². The number of aromatic amines is 1. The van der Waals surface area contributed by atoms with Crippen LogP contribution >= 0.6 is 15.9 Å². The van der Waals surface area contributed by atoms with E-state index < -0.39 is 0 Å². The fourth-order valence-corrected chi connectivity index (χ4v) is 2.38. The van der Waals surface area contributed by atoms with Crippen molar-refractivity contribution in [2.75, 3.05) is 39.4 Å². The molecule has 0 aliphatic carbocycles. The van der Waals surface area contributed by atoms with Crippen molar-refractivity contribution in [2.24, 2.45) is 0 Å². The van der Waals surface area contributed by atoms with Crippen LogP contribution in [0, 0.1) is 0 Å². The number of nitrogens with one attached hydrogen (secondary N) is 2. The fourth-order valence-electron chi connectivity index (χ4n) is 1.99. The van der Waals surface area contributed by atoms with Crippen LogP contribution in [0.5, 0.6) is 0 Å². The number of ether oxygens (including phenoxy) is 1. The van der Waals surface area contributed by atoms with Crippen LogP contribution in [0.25, 0.3) is 0 Å². The van der Waals surface area contributed by atoms with E-state index in [0.29, 0.717) is 0 Å². The van der Waals surface area contributed by atoms with Gasteiger partial charge in [-0.15, -0.1) is 0 Å². The average Bonchev–Trinajstić information content (AvgIpc) is 2.76. The molecule has 1 aromatic rings. The molecule has 1 fully saturated rings. The standard InChI is InChI=1S/C12H20BrN3O/c13-11-8-12(15-9-11)10-14-2-1-3-16-4-6-17-7-5-16/h8-9,14-15H,1-7,10H2. The Morgan fingerprint density at radius 3 is 2.94 bits per heavy atom. The lowest BCUT2D eigenvalue weighted by Gasteiger charge is -2.26. The quantitative estimate of drug-likeness (QED) is 0.784. The highest BCUT2D eigenvalue weighted by Gasteiger charge is 2.08. The third-order valence-corrected chi connectivity index (χ3v) is 3.41. The van der Waals surface area contributed by atoms with Gasteiger partial charge in [0.25, 0.3) is 0 Å². The van der Waals surface area contributed by atoms with E-state index in [1.165, 1.54) is 18.7 Å². The third-order valence-electron chi connectivity index (χ3n) is 2.95. The van der Waals surface area contributed by atoms with Gasteiger partial charge in [-0.25, -0.2) is 0 Å². The summed E-state index contributed by atoms with van der Waals surface area (Å²) in [6.07, 6.45) is 3.16. The Morgan fingerprint density at radius 2 is 2.24 bits per heavy atom. The number of hydrogen-bond donors (Lipinski definition) is 2. The van der Waals surface area contributed by atoms with Gasteiger partial charge in [-0.3, -0.25) is 4.90 Å². The van der Waals surface area contributed by atoms with Crippen molar-refractivity contribution in [3.63, 3.8) is 0 Å². The van der Waals surface area contributed by atoms with E-state index in [1.54, 1.807) is 0 Å². The first kappa shape index (κ1) is 13.1. The Labute approximate surface area is 111 Å². The summed E-state index contributed by atoms with van der Waals surface area (Å²) in [6.45, 7) is 7.11. The summed E-state index contributed by atoms with van der Waals surface area (Å²) in [5.41, 5.74) is 1.23. The van der Waals surface area contributed by atoms with Crippen LogP contribution in [-0.2, 0) is 11.3 Å². The molecule has 2 rings (SSSR count). The molecule has 0 amide bonds. The maximum absolute atomic E-state index is 5.32. The van der Waals surface area contributed by atoms with E-state index in [0.717, 1.165) is 43.9 Å². The van der Waals surface area contributed by atoms with E-state index >= 15 is 0 Å². The summed E-state index contributed by atoms with van der Waals surface area (Å²) < 4.78 is 6.43. The van der Waals surface area contributed by atoms with E-state index in [1.807, 2.05) is 6.20 Å². The molecule has 0 radical (unpaired) electrons. The minimum Gasteiger partial charge on any atom is -0.379 e. The third kappa shape index (κ3) is 4.79. The summed E-state index contributed by atoms with van der Waals surface area (Å²) in [5, 5.41) is 3.44. The predicted octanol–water partition coefficient (Wildman–Crippen LogP) is 1.59. The monoisotopic (exact) mass is 301 g/mol. The Balaban J connectivity index is 1.51. The zero-order valence-corrected chi connectivity index (χ0v) is 11.6. The van der Waals surface area contributed by atoms with Gasteiger partial charge in [0.15, 0.2) is 0 Å². The summed E-state index contributed by atoms with van der Waals surface area (Å²) in [7, 11) is 0. The highest BCUT2D eigenvalue weighted by Crippen LogP contribution is 2.09. The Bertz CT molecular complexity index is 323. The molecule has 2 N–H and O–H groups in total. The second kappa shape index (κ2) is 7.16.